The summed E-state index contributed by atoms with van der Waals surface area (Å²) in [4.78, 5) is 20.6. The van der Waals surface area contributed by atoms with Crippen LogP contribution in [0.2, 0.25) is 0 Å². The largest absolute Gasteiger partial charge is 0.479 e. The molecule has 0 spiro atoms. The number of hydrogen-bond acceptors (Lipinski definition) is 5. The summed E-state index contributed by atoms with van der Waals surface area (Å²) in [5, 5.41) is 42.7. The molecule has 0 rings (SSSR count). The van der Waals surface area contributed by atoms with Crippen molar-refractivity contribution in [3.8, 4) is 0 Å². The molecule has 76 valence electrons. The zero-order chi connectivity index (χ0) is 10.6. The van der Waals surface area contributed by atoms with E-state index in [0.29, 0.717) is 0 Å². The van der Waals surface area contributed by atoms with Crippen molar-refractivity contribution in [1.29, 1.82) is 0 Å². The van der Waals surface area contributed by atoms with Gasteiger partial charge in [-0.05, 0) is 0 Å². The Morgan fingerprint density at radius 2 is 1.62 bits per heavy atom. The topological polar surface area (TPSA) is 135 Å². The fraction of sp³-hybridized carbons (Fsp3) is 0.667. The molecule has 0 radical (unpaired) electrons. The van der Waals surface area contributed by atoms with Crippen LogP contribution in [0.1, 0.15) is 6.42 Å². The number of aliphatic hydroxyl groups excluding tert-OH is 2. The van der Waals surface area contributed by atoms with E-state index < -0.39 is 36.7 Å². The van der Waals surface area contributed by atoms with Gasteiger partial charge in [0.05, 0.1) is 12.7 Å². The van der Waals surface area contributed by atoms with Crippen LogP contribution in [-0.4, -0.2) is 55.8 Å². The van der Waals surface area contributed by atoms with E-state index in [-0.39, 0.29) is 0 Å². The number of aliphatic carboxylic acids is 2. The van der Waals surface area contributed by atoms with Crippen molar-refractivity contribution in [3.63, 3.8) is 0 Å². The molecule has 0 saturated heterocycles. The standard InChI is InChI=1S/C6H10O7/c7-2-3(8)1-6(13,4(9)10)5(11)12/h3,7-8,13H,1-2H2,(H,9,10)(H,11,12). The van der Waals surface area contributed by atoms with Crippen LogP contribution in [0.5, 0.6) is 0 Å². The van der Waals surface area contributed by atoms with Gasteiger partial charge in [-0.25, -0.2) is 9.59 Å². The van der Waals surface area contributed by atoms with Gasteiger partial charge >= 0.3 is 11.9 Å². The Kier molecular flexibility index (Phi) is 3.79. The number of carboxylic acid groups (broad SMARTS) is 2. The van der Waals surface area contributed by atoms with Crippen LogP contribution >= 0.6 is 0 Å². The lowest BCUT2D eigenvalue weighted by atomic mass is 9.97. The van der Waals surface area contributed by atoms with Crippen LogP contribution in [0, 0.1) is 0 Å². The Labute approximate surface area is 72.9 Å². The first-order valence-corrected chi connectivity index (χ1v) is 3.32. The molecule has 0 aliphatic rings. The van der Waals surface area contributed by atoms with Crippen LogP contribution in [0.4, 0.5) is 0 Å². The maximum atomic E-state index is 10.3. The summed E-state index contributed by atoms with van der Waals surface area (Å²) < 4.78 is 0. The van der Waals surface area contributed by atoms with E-state index in [9.17, 15) is 9.59 Å². The number of carbonyl (C=O) groups is 2. The predicted octanol–water partition coefficient (Wildman–Crippen LogP) is -2.37. The minimum absolute atomic E-state index is 0.817. The second-order valence-corrected chi connectivity index (χ2v) is 2.51. The van der Waals surface area contributed by atoms with E-state index >= 15 is 0 Å². The zero-order valence-corrected chi connectivity index (χ0v) is 6.54. The van der Waals surface area contributed by atoms with E-state index in [0.717, 1.165) is 0 Å². The second-order valence-electron chi connectivity index (χ2n) is 2.51. The molecule has 0 aromatic heterocycles. The summed E-state index contributed by atoms with van der Waals surface area (Å²) in [6.45, 7) is -0.817. The third-order valence-electron chi connectivity index (χ3n) is 1.45. The highest BCUT2D eigenvalue weighted by Crippen LogP contribution is 2.13. The molecular formula is C6H10O7. The SMILES string of the molecule is O=C(O)C(O)(CC(O)CO)C(=O)O. The highest BCUT2D eigenvalue weighted by Gasteiger charge is 2.46. The Hall–Kier alpha value is -1.18. The normalized spacial score (nSPS) is 13.8. The van der Waals surface area contributed by atoms with E-state index in [4.69, 9.17) is 25.5 Å². The van der Waals surface area contributed by atoms with Crippen molar-refractivity contribution in [3.05, 3.63) is 0 Å². The van der Waals surface area contributed by atoms with Gasteiger partial charge < -0.3 is 25.5 Å². The number of aliphatic hydroxyl groups is 3. The van der Waals surface area contributed by atoms with E-state index in [2.05, 4.69) is 0 Å². The van der Waals surface area contributed by atoms with Crippen LogP contribution in [0.25, 0.3) is 0 Å². The minimum atomic E-state index is -3.05. The molecule has 0 fully saturated rings. The molecule has 7 nitrogen and oxygen atoms in total. The van der Waals surface area contributed by atoms with Crippen molar-refractivity contribution in [2.75, 3.05) is 6.61 Å². The maximum Gasteiger partial charge on any atom is 0.347 e. The Bertz CT molecular complexity index is 197. The summed E-state index contributed by atoms with van der Waals surface area (Å²) in [5.74, 6) is -3.96. The van der Waals surface area contributed by atoms with Gasteiger partial charge in [-0.15, -0.1) is 0 Å². The van der Waals surface area contributed by atoms with Crippen molar-refractivity contribution >= 4 is 11.9 Å². The van der Waals surface area contributed by atoms with E-state index in [1.807, 2.05) is 0 Å². The highest BCUT2D eigenvalue weighted by atomic mass is 16.4. The summed E-state index contributed by atoms with van der Waals surface area (Å²) in [7, 11) is 0. The molecule has 5 N–H and O–H groups in total. The second kappa shape index (κ2) is 4.17. The molecule has 0 amide bonds. The molecule has 0 aromatic carbocycles. The molecule has 1 atom stereocenters. The lowest BCUT2D eigenvalue weighted by molar-refractivity contribution is -0.179. The summed E-state index contributed by atoms with van der Waals surface area (Å²) in [5.41, 5.74) is -3.05. The molecule has 0 bridgehead atoms. The average molecular weight is 194 g/mol. The molecule has 0 aromatic rings. The molecular weight excluding hydrogens is 184 g/mol. The molecule has 13 heavy (non-hydrogen) atoms. The first kappa shape index (κ1) is 11.8. The van der Waals surface area contributed by atoms with Gasteiger partial charge in [-0.3, -0.25) is 0 Å². The summed E-state index contributed by atoms with van der Waals surface area (Å²) in [6, 6.07) is 0. The third-order valence-corrected chi connectivity index (χ3v) is 1.45. The van der Waals surface area contributed by atoms with Gasteiger partial charge in [-0.2, -0.15) is 0 Å². The lowest BCUT2D eigenvalue weighted by Gasteiger charge is -2.20. The van der Waals surface area contributed by atoms with E-state index in [1.54, 1.807) is 0 Å². The van der Waals surface area contributed by atoms with Gasteiger partial charge in [0.1, 0.15) is 0 Å². The van der Waals surface area contributed by atoms with Gasteiger partial charge in [-0.1, -0.05) is 0 Å². The number of carboxylic acids is 2. The van der Waals surface area contributed by atoms with Crippen molar-refractivity contribution in [1.82, 2.24) is 0 Å². The lowest BCUT2D eigenvalue weighted by Crippen LogP contribution is -2.49. The van der Waals surface area contributed by atoms with Crippen LogP contribution in [0.3, 0.4) is 0 Å². The Morgan fingerprint density at radius 1 is 1.23 bits per heavy atom. The highest BCUT2D eigenvalue weighted by molar-refractivity contribution is 6.01. The third kappa shape index (κ3) is 2.65. The molecule has 1 unspecified atom stereocenters. The number of rotatable bonds is 5. The molecule has 0 heterocycles. The molecule has 7 heteroatoms. The maximum absolute atomic E-state index is 10.3. The van der Waals surface area contributed by atoms with Crippen molar-refractivity contribution in [2.24, 2.45) is 0 Å². The quantitative estimate of drug-likeness (QED) is 0.308. The van der Waals surface area contributed by atoms with Crippen LogP contribution in [0.15, 0.2) is 0 Å². The number of hydrogen-bond donors (Lipinski definition) is 5. The monoisotopic (exact) mass is 194 g/mol. The van der Waals surface area contributed by atoms with E-state index in [1.165, 1.54) is 0 Å². The smallest absolute Gasteiger partial charge is 0.347 e. The van der Waals surface area contributed by atoms with Gasteiger partial charge in [0, 0.05) is 6.42 Å². The van der Waals surface area contributed by atoms with Crippen LogP contribution in [-0.2, 0) is 9.59 Å². The predicted molar refractivity (Wildman–Crippen MR) is 37.9 cm³/mol. The fourth-order valence-corrected chi connectivity index (χ4v) is 0.672. The van der Waals surface area contributed by atoms with Gasteiger partial charge in [0.2, 0.25) is 0 Å². The van der Waals surface area contributed by atoms with Gasteiger partial charge in [0.25, 0.3) is 5.60 Å². The average Bonchev–Trinajstić information content (AvgIpc) is 2.03. The summed E-state index contributed by atoms with van der Waals surface area (Å²) in [6.07, 6.45) is -2.55. The van der Waals surface area contributed by atoms with Crippen molar-refractivity contribution in [2.45, 2.75) is 18.1 Å². The Morgan fingerprint density at radius 3 is 1.85 bits per heavy atom. The zero-order valence-electron chi connectivity index (χ0n) is 6.54. The van der Waals surface area contributed by atoms with Gasteiger partial charge in [0.15, 0.2) is 0 Å². The summed E-state index contributed by atoms with van der Waals surface area (Å²) >= 11 is 0. The first-order valence-electron chi connectivity index (χ1n) is 3.32. The van der Waals surface area contributed by atoms with Crippen molar-refractivity contribution < 1.29 is 35.1 Å². The Balaban J connectivity index is 4.61. The molecule has 0 saturated carbocycles. The first-order chi connectivity index (χ1) is 5.84. The molecule has 0 aliphatic carbocycles. The van der Waals surface area contributed by atoms with Crippen LogP contribution < -0.4 is 0 Å². The molecule has 0 aliphatic heterocycles. The minimum Gasteiger partial charge on any atom is -0.479 e. The fourth-order valence-electron chi connectivity index (χ4n) is 0.672.